The molecule has 1 N–H and O–H groups in total. The summed E-state index contributed by atoms with van der Waals surface area (Å²) in [5, 5.41) is 2.94. The fraction of sp³-hybridized carbons (Fsp3) is 0.312. The Balaban J connectivity index is 2.25. The van der Waals surface area contributed by atoms with Crippen LogP contribution in [0.15, 0.2) is 36.8 Å². The van der Waals surface area contributed by atoms with Crippen molar-refractivity contribution in [2.45, 2.75) is 19.4 Å². The Labute approximate surface area is 129 Å². The minimum Gasteiger partial charge on any atom is -0.493 e. The van der Waals surface area contributed by atoms with Crippen molar-refractivity contribution in [3.05, 3.63) is 48.0 Å². The number of amides is 1. The Hall–Kier alpha value is -2.63. The summed E-state index contributed by atoms with van der Waals surface area (Å²) in [6.07, 6.45) is 4.44. The molecule has 0 saturated carbocycles. The second-order valence-corrected chi connectivity index (χ2v) is 5.24. The van der Waals surface area contributed by atoms with Crippen LogP contribution in [0.25, 0.3) is 0 Å². The maximum atomic E-state index is 12.2. The van der Waals surface area contributed by atoms with Gasteiger partial charge in [0.25, 0.3) is 5.91 Å². The van der Waals surface area contributed by atoms with E-state index in [1.807, 2.05) is 32.0 Å². The van der Waals surface area contributed by atoms with Gasteiger partial charge in [-0.1, -0.05) is 6.07 Å². The van der Waals surface area contributed by atoms with Gasteiger partial charge in [0.1, 0.15) is 5.69 Å². The van der Waals surface area contributed by atoms with Gasteiger partial charge < -0.3 is 14.8 Å². The van der Waals surface area contributed by atoms with Crippen LogP contribution in [0.4, 0.5) is 0 Å². The number of nitrogens with zero attached hydrogens (tertiary/aromatic N) is 2. The van der Waals surface area contributed by atoms with Gasteiger partial charge in [-0.15, -0.1) is 0 Å². The van der Waals surface area contributed by atoms with E-state index in [0.29, 0.717) is 11.5 Å². The molecule has 2 rings (SSSR count). The number of nitrogens with one attached hydrogen (secondary N) is 1. The van der Waals surface area contributed by atoms with Gasteiger partial charge in [0.2, 0.25) is 0 Å². The van der Waals surface area contributed by atoms with Crippen molar-refractivity contribution < 1.29 is 14.3 Å². The zero-order valence-electron chi connectivity index (χ0n) is 13.1. The van der Waals surface area contributed by atoms with E-state index < -0.39 is 5.54 Å². The fourth-order valence-electron chi connectivity index (χ4n) is 2.06. The predicted molar refractivity (Wildman–Crippen MR) is 82.1 cm³/mol. The lowest BCUT2D eigenvalue weighted by Crippen LogP contribution is -2.41. The van der Waals surface area contributed by atoms with Crippen LogP contribution in [0.5, 0.6) is 11.5 Å². The molecule has 1 aromatic carbocycles. The number of methoxy groups -OCH3 is 2. The van der Waals surface area contributed by atoms with E-state index in [-0.39, 0.29) is 11.6 Å². The van der Waals surface area contributed by atoms with Crippen molar-refractivity contribution in [1.29, 1.82) is 0 Å². The van der Waals surface area contributed by atoms with Crippen molar-refractivity contribution in [3.63, 3.8) is 0 Å². The van der Waals surface area contributed by atoms with E-state index in [4.69, 9.17) is 9.47 Å². The molecular formula is C16H19N3O3. The average Bonchev–Trinajstić information content (AvgIpc) is 2.54. The molecule has 0 fully saturated rings. The summed E-state index contributed by atoms with van der Waals surface area (Å²) in [4.78, 5) is 20.1. The molecule has 1 aromatic heterocycles. The van der Waals surface area contributed by atoms with Crippen LogP contribution >= 0.6 is 0 Å². The highest BCUT2D eigenvalue weighted by atomic mass is 16.5. The highest BCUT2D eigenvalue weighted by Gasteiger charge is 2.25. The number of carbonyl (C=O) groups is 1. The van der Waals surface area contributed by atoms with Gasteiger partial charge >= 0.3 is 0 Å². The Kier molecular flexibility index (Phi) is 4.60. The summed E-state index contributed by atoms with van der Waals surface area (Å²) in [7, 11) is 3.16. The molecule has 0 spiro atoms. The standard InChI is InChI=1S/C16H19N3O3/c1-16(2,19-15(20)12-10-17-7-8-18-12)11-5-6-13(21-3)14(9-11)22-4/h5-10H,1-4H3,(H,19,20). The van der Waals surface area contributed by atoms with E-state index in [0.717, 1.165) is 5.56 Å². The summed E-state index contributed by atoms with van der Waals surface area (Å²) < 4.78 is 10.5. The fourth-order valence-corrected chi connectivity index (χ4v) is 2.06. The molecule has 2 aromatic rings. The summed E-state index contributed by atoms with van der Waals surface area (Å²) in [5.74, 6) is 0.969. The van der Waals surface area contributed by atoms with Gasteiger partial charge in [0.05, 0.1) is 26.0 Å². The lowest BCUT2D eigenvalue weighted by atomic mass is 9.93. The van der Waals surface area contributed by atoms with Crippen LogP contribution in [0, 0.1) is 0 Å². The number of hydrogen-bond donors (Lipinski definition) is 1. The molecule has 6 heteroatoms. The first-order chi connectivity index (χ1) is 10.5. The first-order valence-corrected chi connectivity index (χ1v) is 6.79. The van der Waals surface area contributed by atoms with Gasteiger partial charge in [-0.2, -0.15) is 0 Å². The lowest BCUT2D eigenvalue weighted by molar-refractivity contribution is 0.0906. The minimum atomic E-state index is -0.603. The van der Waals surface area contributed by atoms with Gasteiger partial charge in [0.15, 0.2) is 11.5 Å². The molecule has 1 heterocycles. The van der Waals surface area contributed by atoms with Crippen LogP contribution in [0.2, 0.25) is 0 Å². The summed E-state index contributed by atoms with van der Waals surface area (Å²) in [6, 6.07) is 5.54. The maximum absolute atomic E-state index is 12.2. The van der Waals surface area contributed by atoms with Crippen LogP contribution in [0.1, 0.15) is 29.9 Å². The number of hydrogen-bond acceptors (Lipinski definition) is 5. The summed E-state index contributed by atoms with van der Waals surface area (Å²) in [6.45, 7) is 3.81. The Morgan fingerprint density at radius 2 is 1.86 bits per heavy atom. The molecule has 22 heavy (non-hydrogen) atoms. The molecular weight excluding hydrogens is 282 g/mol. The largest absolute Gasteiger partial charge is 0.493 e. The van der Waals surface area contributed by atoms with Gasteiger partial charge in [0, 0.05) is 12.4 Å². The molecule has 0 aliphatic heterocycles. The molecule has 0 unspecified atom stereocenters. The highest BCUT2D eigenvalue weighted by molar-refractivity contribution is 5.92. The third kappa shape index (κ3) is 3.33. The number of benzene rings is 1. The smallest absolute Gasteiger partial charge is 0.272 e. The Morgan fingerprint density at radius 3 is 2.45 bits per heavy atom. The normalized spacial score (nSPS) is 10.9. The van der Waals surface area contributed by atoms with Crippen LogP contribution < -0.4 is 14.8 Å². The third-order valence-electron chi connectivity index (χ3n) is 3.33. The van der Waals surface area contributed by atoms with Gasteiger partial charge in [-0.3, -0.25) is 9.78 Å². The van der Waals surface area contributed by atoms with Crippen molar-refractivity contribution in [2.75, 3.05) is 14.2 Å². The molecule has 0 aliphatic rings. The first-order valence-electron chi connectivity index (χ1n) is 6.79. The summed E-state index contributed by atoms with van der Waals surface area (Å²) in [5.41, 5.74) is 0.562. The quantitative estimate of drug-likeness (QED) is 0.916. The maximum Gasteiger partial charge on any atom is 0.272 e. The van der Waals surface area contributed by atoms with Crippen molar-refractivity contribution in [3.8, 4) is 11.5 Å². The van der Waals surface area contributed by atoms with Crippen LogP contribution in [-0.2, 0) is 5.54 Å². The summed E-state index contributed by atoms with van der Waals surface area (Å²) >= 11 is 0. The number of aromatic nitrogens is 2. The molecule has 6 nitrogen and oxygen atoms in total. The van der Waals surface area contributed by atoms with Crippen molar-refractivity contribution >= 4 is 5.91 Å². The Bertz CT molecular complexity index is 657. The van der Waals surface area contributed by atoms with E-state index in [2.05, 4.69) is 15.3 Å². The number of rotatable bonds is 5. The van der Waals surface area contributed by atoms with E-state index in [9.17, 15) is 4.79 Å². The second-order valence-electron chi connectivity index (χ2n) is 5.24. The van der Waals surface area contributed by atoms with E-state index in [1.54, 1.807) is 14.2 Å². The first kappa shape index (κ1) is 15.8. The lowest BCUT2D eigenvalue weighted by Gasteiger charge is -2.27. The molecule has 116 valence electrons. The molecule has 1 amide bonds. The monoisotopic (exact) mass is 301 g/mol. The second kappa shape index (κ2) is 6.43. The molecule has 0 radical (unpaired) electrons. The molecule has 0 bridgehead atoms. The zero-order valence-corrected chi connectivity index (χ0v) is 13.1. The number of ether oxygens (including phenoxy) is 2. The van der Waals surface area contributed by atoms with Crippen molar-refractivity contribution in [2.24, 2.45) is 0 Å². The van der Waals surface area contributed by atoms with Gasteiger partial charge in [-0.25, -0.2) is 4.98 Å². The van der Waals surface area contributed by atoms with E-state index >= 15 is 0 Å². The molecule has 0 saturated heterocycles. The predicted octanol–water partition coefficient (Wildman–Crippen LogP) is 2.16. The average molecular weight is 301 g/mol. The molecule has 0 atom stereocenters. The zero-order chi connectivity index (χ0) is 16.2. The SMILES string of the molecule is COc1ccc(C(C)(C)NC(=O)c2cnccn2)cc1OC. The molecule has 0 aliphatic carbocycles. The topological polar surface area (TPSA) is 73.3 Å². The Morgan fingerprint density at radius 1 is 1.14 bits per heavy atom. The van der Waals surface area contributed by atoms with E-state index in [1.165, 1.54) is 18.6 Å². The van der Waals surface area contributed by atoms with Crippen molar-refractivity contribution in [1.82, 2.24) is 15.3 Å². The van der Waals surface area contributed by atoms with Crippen LogP contribution in [0.3, 0.4) is 0 Å². The third-order valence-corrected chi connectivity index (χ3v) is 3.33. The highest BCUT2D eigenvalue weighted by Crippen LogP contribution is 2.32. The number of carbonyl (C=O) groups excluding carboxylic acids is 1. The van der Waals surface area contributed by atoms with Gasteiger partial charge in [-0.05, 0) is 31.5 Å². The minimum absolute atomic E-state index is 0.274. The van der Waals surface area contributed by atoms with Crippen LogP contribution in [-0.4, -0.2) is 30.1 Å².